The van der Waals surface area contributed by atoms with Crippen LogP contribution in [-0.2, 0) is 16.1 Å². The summed E-state index contributed by atoms with van der Waals surface area (Å²) in [6.45, 7) is 3.83. The highest BCUT2D eigenvalue weighted by Crippen LogP contribution is 2.28. The number of nitrogens with one attached hydrogen (secondary N) is 1. The van der Waals surface area contributed by atoms with Crippen molar-refractivity contribution in [1.29, 1.82) is 0 Å². The van der Waals surface area contributed by atoms with E-state index in [1.807, 2.05) is 67.7 Å². The van der Waals surface area contributed by atoms with E-state index in [2.05, 4.69) is 17.1 Å². The molecule has 1 fully saturated rings. The molecule has 2 atom stereocenters. The van der Waals surface area contributed by atoms with Crippen molar-refractivity contribution < 1.29 is 14.4 Å². The first-order valence-corrected chi connectivity index (χ1v) is 12.8. The van der Waals surface area contributed by atoms with Crippen LogP contribution in [0.3, 0.4) is 0 Å². The summed E-state index contributed by atoms with van der Waals surface area (Å²) in [5.41, 5.74) is 1.71. The van der Waals surface area contributed by atoms with Crippen molar-refractivity contribution in [3.05, 3.63) is 71.8 Å². The Morgan fingerprint density at radius 1 is 1.08 bits per heavy atom. The van der Waals surface area contributed by atoms with Gasteiger partial charge in [0.2, 0.25) is 5.91 Å². The van der Waals surface area contributed by atoms with Gasteiger partial charge in [-0.15, -0.1) is 0 Å². The quantitative estimate of drug-likeness (QED) is 0.361. The number of hydrazine groups is 1. The van der Waals surface area contributed by atoms with Crippen LogP contribution >= 0.6 is 0 Å². The number of likely N-dealkylation sites (N-methyl/N-ethyl adjacent to an activating group) is 2. The van der Waals surface area contributed by atoms with Gasteiger partial charge < -0.3 is 19.9 Å². The van der Waals surface area contributed by atoms with Gasteiger partial charge in [-0.3, -0.25) is 4.79 Å². The minimum absolute atomic E-state index is 0.00659. The highest BCUT2D eigenvalue weighted by molar-refractivity contribution is 5.85. The van der Waals surface area contributed by atoms with Crippen molar-refractivity contribution in [1.82, 2.24) is 25.1 Å². The zero-order valence-corrected chi connectivity index (χ0v) is 21.7. The van der Waals surface area contributed by atoms with E-state index in [0.717, 1.165) is 43.2 Å². The van der Waals surface area contributed by atoms with E-state index in [1.165, 1.54) is 6.42 Å². The molecule has 2 aromatic carbocycles. The van der Waals surface area contributed by atoms with Crippen LogP contribution in [0.5, 0.6) is 0 Å². The molecule has 1 aliphatic heterocycles. The number of hydrogen-bond donors (Lipinski definition) is 1. The van der Waals surface area contributed by atoms with Crippen molar-refractivity contribution in [2.75, 3.05) is 33.7 Å². The number of rotatable bonds is 12. The lowest BCUT2D eigenvalue weighted by atomic mass is 10.0. The SMILES string of the molecule is CCCCCCN(C)CC1N([C@H](C=O)c2ccccc2)C(=O)CN(C)N1C(=O)NCc1ccccc1. The average molecular weight is 494 g/mol. The van der Waals surface area contributed by atoms with E-state index in [4.69, 9.17) is 0 Å². The topological polar surface area (TPSA) is 76.2 Å². The van der Waals surface area contributed by atoms with Gasteiger partial charge in [-0.05, 0) is 31.1 Å². The van der Waals surface area contributed by atoms with E-state index in [0.29, 0.717) is 13.1 Å². The summed E-state index contributed by atoms with van der Waals surface area (Å²) in [6, 6.07) is 17.9. The molecule has 8 heteroatoms. The van der Waals surface area contributed by atoms with Gasteiger partial charge in [0.15, 0.2) is 0 Å². The molecule has 36 heavy (non-hydrogen) atoms. The van der Waals surface area contributed by atoms with Crippen LogP contribution in [0.2, 0.25) is 0 Å². The summed E-state index contributed by atoms with van der Waals surface area (Å²) in [6.07, 6.45) is 4.67. The Kier molecular flexibility index (Phi) is 10.5. The molecule has 1 N–H and O–H groups in total. The Balaban J connectivity index is 1.87. The van der Waals surface area contributed by atoms with E-state index in [-0.39, 0.29) is 18.5 Å². The van der Waals surface area contributed by atoms with Crippen LogP contribution in [0, 0.1) is 0 Å². The van der Waals surface area contributed by atoms with Crippen molar-refractivity contribution in [2.24, 2.45) is 0 Å². The van der Waals surface area contributed by atoms with E-state index >= 15 is 0 Å². The highest BCUT2D eigenvalue weighted by atomic mass is 16.2. The molecule has 0 aliphatic carbocycles. The predicted molar refractivity (Wildman–Crippen MR) is 141 cm³/mol. The first kappa shape index (κ1) is 27.4. The third-order valence-corrected chi connectivity index (χ3v) is 6.56. The number of hydrogen-bond acceptors (Lipinski definition) is 5. The molecule has 2 aromatic rings. The summed E-state index contributed by atoms with van der Waals surface area (Å²) in [5, 5.41) is 6.24. The molecule has 0 spiro atoms. The van der Waals surface area contributed by atoms with Gasteiger partial charge in [0.25, 0.3) is 0 Å². The molecule has 1 aliphatic rings. The van der Waals surface area contributed by atoms with Gasteiger partial charge >= 0.3 is 6.03 Å². The number of benzene rings is 2. The van der Waals surface area contributed by atoms with E-state index in [1.54, 1.807) is 22.0 Å². The third-order valence-electron chi connectivity index (χ3n) is 6.56. The Morgan fingerprint density at radius 2 is 1.75 bits per heavy atom. The van der Waals surface area contributed by atoms with Crippen LogP contribution in [0.4, 0.5) is 4.79 Å². The second kappa shape index (κ2) is 13.8. The summed E-state index contributed by atoms with van der Waals surface area (Å²) in [4.78, 5) is 42.9. The number of carbonyl (C=O) groups excluding carboxylic acids is 3. The fourth-order valence-corrected chi connectivity index (χ4v) is 4.65. The zero-order valence-electron chi connectivity index (χ0n) is 21.7. The van der Waals surface area contributed by atoms with Crippen LogP contribution in [0.1, 0.15) is 49.8 Å². The minimum atomic E-state index is -0.782. The Morgan fingerprint density at radius 3 is 2.39 bits per heavy atom. The number of urea groups is 1. The molecule has 0 bridgehead atoms. The predicted octanol–water partition coefficient (Wildman–Crippen LogP) is 3.67. The van der Waals surface area contributed by atoms with E-state index in [9.17, 15) is 14.4 Å². The Hall–Kier alpha value is -3.23. The second-order valence-corrected chi connectivity index (χ2v) is 9.40. The average Bonchev–Trinajstić information content (AvgIpc) is 2.88. The zero-order chi connectivity index (χ0) is 25.9. The smallest absolute Gasteiger partial charge is 0.333 e. The molecule has 1 heterocycles. The molecule has 3 amide bonds. The van der Waals surface area contributed by atoms with Crippen LogP contribution in [-0.4, -0.2) is 77.9 Å². The van der Waals surface area contributed by atoms with Crippen LogP contribution in [0.25, 0.3) is 0 Å². The molecule has 0 radical (unpaired) electrons. The normalized spacial score (nSPS) is 17.3. The Labute approximate surface area is 214 Å². The highest BCUT2D eigenvalue weighted by Gasteiger charge is 2.44. The lowest BCUT2D eigenvalue weighted by Gasteiger charge is -2.50. The second-order valence-electron chi connectivity index (χ2n) is 9.40. The van der Waals surface area contributed by atoms with Crippen molar-refractivity contribution >= 4 is 18.2 Å². The van der Waals surface area contributed by atoms with Gasteiger partial charge in [-0.1, -0.05) is 86.8 Å². The number of aldehydes is 1. The lowest BCUT2D eigenvalue weighted by Crippen LogP contribution is -2.70. The standard InChI is InChI=1S/C28H39N5O3/c1-4-5-6-13-18-30(2)20-26-32(25(22-34)24-16-11-8-12-17-24)27(35)21-31(3)33(26)28(36)29-19-23-14-9-7-10-15-23/h7-12,14-17,22,25-26H,4-6,13,18-21H2,1-3H3,(H,29,36)/t25-,26?/m1/s1. The first-order chi connectivity index (χ1) is 17.5. The van der Waals surface area contributed by atoms with Crippen molar-refractivity contribution in [3.63, 3.8) is 0 Å². The molecule has 1 saturated heterocycles. The molecular formula is C28H39N5O3. The lowest BCUT2D eigenvalue weighted by molar-refractivity contribution is -0.171. The number of nitrogens with zero attached hydrogens (tertiary/aromatic N) is 4. The fraction of sp³-hybridized carbons (Fsp3) is 0.464. The first-order valence-electron chi connectivity index (χ1n) is 12.8. The summed E-state index contributed by atoms with van der Waals surface area (Å²) >= 11 is 0. The summed E-state index contributed by atoms with van der Waals surface area (Å²) < 4.78 is 0. The van der Waals surface area contributed by atoms with Crippen molar-refractivity contribution in [3.8, 4) is 0 Å². The summed E-state index contributed by atoms with van der Waals surface area (Å²) in [7, 11) is 3.74. The summed E-state index contributed by atoms with van der Waals surface area (Å²) in [5.74, 6) is -0.185. The van der Waals surface area contributed by atoms with Gasteiger partial charge in [-0.25, -0.2) is 14.8 Å². The maximum Gasteiger partial charge on any atom is 0.334 e. The number of unbranched alkanes of at least 4 members (excludes halogenated alkanes) is 3. The van der Waals surface area contributed by atoms with Crippen LogP contribution in [0.15, 0.2) is 60.7 Å². The minimum Gasteiger partial charge on any atom is -0.333 e. The largest absolute Gasteiger partial charge is 0.334 e. The Bertz CT molecular complexity index is 972. The van der Waals surface area contributed by atoms with Gasteiger partial charge in [0, 0.05) is 20.1 Å². The van der Waals surface area contributed by atoms with Gasteiger partial charge in [0.05, 0.1) is 6.54 Å². The molecule has 194 valence electrons. The van der Waals surface area contributed by atoms with Gasteiger partial charge in [-0.2, -0.15) is 0 Å². The molecule has 1 unspecified atom stereocenters. The van der Waals surface area contributed by atoms with Crippen LogP contribution < -0.4 is 5.32 Å². The molecule has 8 nitrogen and oxygen atoms in total. The molecule has 0 saturated carbocycles. The third kappa shape index (κ3) is 7.15. The number of amides is 3. The molecule has 0 aromatic heterocycles. The molecular weight excluding hydrogens is 454 g/mol. The fourth-order valence-electron chi connectivity index (χ4n) is 4.65. The molecule has 3 rings (SSSR count). The maximum absolute atomic E-state index is 13.5. The monoisotopic (exact) mass is 493 g/mol. The maximum atomic E-state index is 13.5. The van der Waals surface area contributed by atoms with E-state index < -0.39 is 12.2 Å². The van der Waals surface area contributed by atoms with Crippen molar-refractivity contribution in [2.45, 2.75) is 51.4 Å². The van der Waals surface area contributed by atoms with Gasteiger partial charge in [0.1, 0.15) is 18.5 Å². The number of carbonyl (C=O) groups is 3.